The molecule has 2 aliphatic carbocycles. The van der Waals surface area contributed by atoms with Crippen molar-refractivity contribution in [3.63, 3.8) is 0 Å². The molecule has 9 unspecified atom stereocenters. The number of hydrazine groups is 1. The van der Waals surface area contributed by atoms with E-state index in [1.165, 1.54) is 28.6 Å². The molecule has 0 radical (unpaired) electrons. The molecule has 7 N–H and O–H groups in total. The van der Waals surface area contributed by atoms with Gasteiger partial charge in [0.05, 0.1) is 54.0 Å². The van der Waals surface area contributed by atoms with Crippen LogP contribution in [0, 0.1) is 40.9 Å². The Bertz CT molecular complexity index is 2160. The van der Waals surface area contributed by atoms with Gasteiger partial charge in [0.2, 0.25) is 41.4 Å². The number of carbonyl (C=O) groups excluding carboxylic acids is 8. The minimum atomic E-state index is -0.533. The monoisotopic (exact) mass is 1130 g/mol. The van der Waals surface area contributed by atoms with Crippen LogP contribution in [0.2, 0.25) is 0 Å². The maximum absolute atomic E-state index is 13.4. The summed E-state index contributed by atoms with van der Waals surface area (Å²) in [4.78, 5) is 108. The number of hydrogen-bond acceptors (Lipinski definition) is 12. The van der Waals surface area contributed by atoms with E-state index < -0.39 is 17.5 Å². The Kier molecular flexibility index (Phi) is 31.8. The third-order valence-electron chi connectivity index (χ3n) is 16.5. The van der Waals surface area contributed by atoms with Crippen molar-refractivity contribution >= 4 is 53.2 Å². The maximum atomic E-state index is 13.4. The van der Waals surface area contributed by atoms with E-state index >= 15 is 0 Å². The number of ether oxygens (including phenoxy) is 2. The summed E-state index contributed by atoms with van der Waals surface area (Å²) in [5, 5.41) is 5.97. The lowest BCUT2D eigenvalue weighted by Crippen LogP contribution is -2.54. The van der Waals surface area contributed by atoms with Crippen molar-refractivity contribution in [2.45, 2.75) is 210 Å². The first-order valence-electron chi connectivity index (χ1n) is 30.1. The number of H-pyrrole nitrogens is 1. The van der Waals surface area contributed by atoms with E-state index in [0.29, 0.717) is 76.5 Å². The number of aryl methyl sites for hydroxylation is 1. The van der Waals surface area contributed by atoms with Crippen molar-refractivity contribution < 1.29 is 47.8 Å². The molecule has 1 aromatic rings. The fourth-order valence-electron chi connectivity index (χ4n) is 11.2. The van der Waals surface area contributed by atoms with Crippen LogP contribution in [0.5, 0.6) is 0 Å². The number of nitrogens with one attached hydrogen (secondary N) is 5. The van der Waals surface area contributed by atoms with Gasteiger partial charge in [-0.15, -0.1) is 0 Å². The number of Topliss-reactive ketones (excluding diaryl/α,β-unsaturated/α-hetero) is 1. The van der Waals surface area contributed by atoms with Crippen LogP contribution in [0.3, 0.4) is 0 Å². The number of aromatic amines is 1. The first-order valence-corrected chi connectivity index (χ1v) is 30.1. The number of likely N-dealkylation sites (N-methyl/N-ethyl adjacent to an activating group) is 1. The van der Waals surface area contributed by atoms with E-state index in [1.54, 1.807) is 14.2 Å². The zero-order valence-electron chi connectivity index (χ0n) is 52.0. The number of allylic oxidation sites excluding steroid dienone is 1. The molecule has 0 bridgehead atoms. The average Bonchev–Trinajstić information content (AvgIpc) is 3.80. The third kappa shape index (κ3) is 20.8. The summed E-state index contributed by atoms with van der Waals surface area (Å²) >= 11 is 0. The number of likely N-dealkylation sites (tertiary alicyclic amines) is 2. The van der Waals surface area contributed by atoms with Gasteiger partial charge in [-0.05, 0) is 127 Å². The van der Waals surface area contributed by atoms with Crippen molar-refractivity contribution in [2.24, 2.45) is 46.7 Å². The Hall–Kier alpha value is -4.98. The number of fused-ring (bicyclic) bond motifs is 2. The van der Waals surface area contributed by atoms with Gasteiger partial charge in [0, 0.05) is 58.6 Å². The quantitative estimate of drug-likeness (QED) is 0.0272. The van der Waals surface area contributed by atoms with Gasteiger partial charge in [-0.2, -0.15) is 0 Å². The Morgan fingerprint density at radius 2 is 1.54 bits per heavy atom. The summed E-state index contributed by atoms with van der Waals surface area (Å²) in [7, 11) is 5.17. The standard InChI is InChI=1S/C29H47N3O4.C28H47N5O6.C2H7N.C2H6/c1-7-19(2)20(3)26(35-5)17-27(33)32-16-10-13-25(32)28(36-6)21(4)29(34)30-15-14-22-18-31-24-12-9-8-11-23(22)24;1-17(2)23(19(5)34)29-25(37)24(18(3)4)32(7)14-11-13-22(36)31-30-21(35)12-9-8-10-15-33-26(38)20-16-28(20,6)27(33)39;1-2-3;1-2/h8,11,18-21,25-26,28,31H,7,9-10,12-17H2,1-6H3,(H,30,34);17-18,20,23-24H,8-16H2,1-7H3,(H,29,37)(H,30,35)(H,31,36);2-3H2,1H3;1-2H3/t;20?,23-,24?,28?;;/m.0../s1. The summed E-state index contributed by atoms with van der Waals surface area (Å²) in [6.07, 6.45) is 15.6. The molecule has 19 heteroatoms. The van der Waals surface area contributed by atoms with Crippen LogP contribution in [0.1, 0.15) is 184 Å². The van der Waals surface area contributed by atoms with E-state index in [2.05, 4.69) is 65.6 Å². The molecule has 456 valence electrons. The van der Waals surface area contributed by atoms with Gasteiger partial charge in [0.1, 0.15) is 0 Å². The zero-order valence-corrected chi connectivity index (χ0v) is 52.0. The molecule has 1 aromatic heterocycles. The number of piperidine rings is 1. The molecule has 0 aromatic carbocycles. The Labute approximate surface area is 480 Å². The number of methoxy groups -OCH3 is 2. The number of hydrogen-bond donors (Lipinski definition) is 6. The summed E-state index contributed by atoms with van der Waals surface area (Å²) in [5.41, 5.74) is 13.0. The number of aromatic nitrogens is 1. The number of nitrogens with two attached hydrogens (primary N) is 1. The Morgan fingerprint density at radius 3 is 2.09 bits per heavy atom. The minimum absolute atomic E-state index is 0.00751. The fourth-order valence-corrected chi connectivity index (χ4v) is 11.2. The van der Waals surface area contributed by atoms with Crippen molar-refractivity contribution in [1.82, 2.24) is 41.2 Å². The SMILES string of the molecule is CC.CC(=O)[C@@H](NC(=O)C(C(C)C)N(C)CCCC(=O)NNC(=O)CCCCCN1C(=O)C2CC2(C)C1=O)C(C)C.CCC(C)C(C)C(CC(=O)N1CCCC1C(OC)C(C)C(=O)NCCc1c[nH]c2c1C=CCC2)OC.CCN. The van der Waals surface area contributed by atoms with E-state index in [-0.39, 0.29) is 102 Å². The van der Waals surface area contributed by atoms with Gasteiger partial charge in [-0.25, -0.2) is 0 Å². The molecular weight excluding hydrogens is 1020 g/mol. The molecule has 5 rings (SSSR count). The molecule has 4 aliphatic rings. The molecule has 19 nitrogen and oxygen atoms in total. The second-order valence-electron chi connectivity index (χ2n) is 23.1. The van der Waals surface area contributed by atoms with E-state index in [4.69, 9.17) is 15.2 Å². The molecule has 2 saturated heterocycles. The largest absolute Gasteiger partial charge is 0.381 e. The summed E-state index contributed by atoms with van der Waals surface area (Å²) in [5.74, 6) is -0.680. The van der Waals surface area contributed by atoms with Crippen molar-refractivity contribution in [3.8, 4) is 0 Å². The summed E-state index contributed by atoms with van der Waals surface area (Å²) in [6.45, 7) is 28.3. The first kappa shape index (κ1) is 71.1. The highest BCUT2D eigenvalue weighted by Crippen LogP contribution is 2.58. The van der Waals surface area contributed by atoms with Crippen LogP contribution < -0.4 is 27.2 Å². The van der Waals surface area contributed by atoms with Gasteiger partial charge >= 0.3 is 0 Å². The van der Waals surface area contributed by atoms with Gasteiger partial charge in [-0.1, -0.05) is 101 Å². The van der Waals surface area contributed by atoms with Crippen LogP contribution in [0.15, 0.2) is 12.3 Å². The number of carbonyl (C=O) groups is 8. The average molecular weight is 1130 g/mol. The van der Waals surface area contributed by atoms with Crippen LogP contribution in [0.25, 0.3) is 6.08 Å². The molecule has 2 aliphatic heterocycles. The lowest BCUT2D eigenvalue weighted by Gasteiger charge is -2.35. The van der Waals surface area contributed by atoms with Crippen molar-refractivity contribution in [1.29, 1.82) is 0 Å². The predicted molar refractivity (Wildman–Crippen MR) is 315 cm³/mol. The fraction of sp³-hybridized carbons (Fsp3) is 0.770. The molecule has 7 amide bonds. The second kappa shape index (κ2) is 35.8. The zero-order chi connectivity index (χ0) is 60.4. The topological polar surface area (TPSA) is 255 Å². The number of unbranched alkanes of at least 4 members (excludes halogenated alkanes) is 2. The molecule has 80 heavy (non-hydrogen) atoms. The van der Waals surface area contributed by atoms with Crippen LogP contribution in [-0.2, 0) is 60.7 Å². The van der Waals surface area contributed by atoms with Gasteiger partial charge in [0.15, 0.2) is 5.78 Å². The third-order valence-corrected chi connectivity index (χ3v) is 16.5. The molecule has 0 spiro atoms. The van der Waals surface area contributed by atoms with Crippen molar-refractivity contribution in [3.05, 3.63) is 29.1 Å². The lowest BCUT2D eigenvalue weighted by atomic mass is 9.87. The number of imide groups is 1. The molecule has 10 atom stereocenters. The van der Waals surface area contributed by atoms with Gasteiger partial charge in [0.25, 0.3) is 0 Å². The second-order valence-corrected chi connectivity index (χ2v) is 23.1. The smallest absolute Gasteiger partial charge is 0.238 e. The number of nitrogens with zero attached hydrogens (tertiary/aromatic N) is 3. The first-order chi connectivity index (χ1) is 37.9. The highest BCUT2D eigenvalue weighted by atomic mass is 16.5. The Balaban J connectivity index is 0.000000507. The van der Waals surface area contributed by atoms with E-state index in [1.807, 2.05) is 79.2 Å². The highest BCUT2D eigenvalue weighted by Gasteiger charge is 2.68. The lowest BCUT2D eigenvalue weighted by molar-refractivity contribution is -0.143. The molecular formula is C61H107N9O10. The highest BCUT2D eigenvalue weighted by molar-refractivity contribution is 6.11. The van der Waals surface area contributed by atoms with Crippen molar-refractivity contribution in [2.75, 3.05) is 54.0 Å². The van der Waals surface area contributed by atoms with Gasteiger partial charge < -0.3 is 35.7 Å². The van der Waals surface area contributed by atoms with Crippen LogP contribution in [-0.4, -0.2) is 151 Å². The molecule has 3 heterocycles. The molecule has 3 fully saturated rings. The Morgan fingerprint density at radius 1 is 0.900 bits per heavy atom. The predicted octanol–water partition coefficient (Wildman–Crippen LogP) is 6.91. The number of ketones is 1. The maximum Gasteiger partial charge on any atom is 0.238 e. The number of rotatable bonds is 29. The van der Waals surface area contributed by atoms with Crippen LogP contribution in [0.4, 0.5) is 0 Å². The van der Waals surface area contributed by atoms with Gasteiger partial charge in [-0.3, -0.25) is 59.0 Å². The summed E-state index contributed by atoms with van der Waals surface area (Å²) in [6, 6.07) is -1.07. The van der Waals surface area contributed by atoms with E-state index in [9.17, 15) is 38.4 Å². The normalized spacial score (nSPS) is 20.6. The number of amides is 7. The van der Waals surface area contributed by atoms with Crippen LogP contribution >= 0.6 is 0 Å². The summed E-state index contributed by atoms with van der Waals surface area (Å²) < 4.78 is 11.6. The van der Waals surface area contributed by atoms with E-state index in [0.717, 1.165) is 45.1 Å². The molecule has 1 saturated carbocycles. The minimum Gasteiger partial charge on any atom is -0.381 e.